The second-order valence-corrected chi connectivity index (χ2v) is 4.31. The van der Waals surface area contributed by atoms with Gasteiger partial charge in [0.2, 0.25) is 5.91 Å². The average Bonchev–Trinajstić information content (AvgIpc) is 2.36. The van der Waals surface area contributed by atoms with E-state index in [4.69, 9.17) is 10.5 Å². The summed E-state index contributed by atoms with van der Waals surface area (Å²) in [6, 6.07) is 5.26. The number of unbranched alkanes of at least 4 members (excludes halogenated alkanes) is 1. The van der Waals surface area contributed by atoms with Crippen LogP contribution in [0.25, 0.3) is 6.08 Å². The lowest BCUT2D eigenvalue weighted by Gasteiger charge is -2.04. The van der Waals surface area contributed by atoms with Gasteiger partial charge >= 0.3 is 5.97 Å². The minimum atomic E-state index is -0.515. The number of aryl methyl sites for hydroxylation is 1. The Kier molecular flexibility index (Phi) is 5.79. The molecule has 19 heavy (non-hydrogen) atoms. The predicted molar refractivity (Wildman–Crippen MR) is 74.6 cm³/mol. The zero-order chi connectivity index (χ0) is 14.3. The monoisotopic (exact) mass is 261 g/mol. The molecule has 0 aliphatic rings. The van der Waals surface area contributed by atoms with Crippen LogP contribution in [0.15, 0.2) is 24.3 Å². The van der Waals surface area contributed by atoms with E-state index in [2.05, 4.69) is 0 Å². The van der Waals surface area contributed by atoms with Crippen LogP contribution in [-0.4, -0.2) is 18.5 Å². The Bertz CT molecular complexity index is 492. The minimum Gasteiger partial charge on any atom is -0.463 e. The maximum atomic E-state index is 11.4. The van der Waals surface area contributed by atoms with E-state index in [1.165, 1.54) is 6.08 Å². The summed E-state index contributed by atoms with van der Waals surface area (Å²) < 4.78 is 4.99. The van der Waals surface area contributed by atoms with E-state index in [0.29, 0.717) is 17.7 Å². The van der Waals surface area contributed by atoms with Gasteiger partial charge in [0.1, 0.15) is 0 Å². The van der Waals surface area contributed by atoms with Crippen molar-refractivity contribution in [2.24, 2.45) is 5.73 Å². The molecule has 0 unspecified atom stereocenters. The van der Waals surface area contributed by atoms with Crippen molar-refractivity contribution in [3.05, 3.63) is 41.0 Å². The van der Waals surface area contributed by atoms with Crippen molar-refractivity contribution in [2.45, 2.75) is 26.7 Å². The Hall–Kier alpha value is -2.10. The van der Waals surface area contributed by atoms with Crippen LogP contribution >= 0.6 is 0 Å². The van der Waals surface area contributed by atoms with Crippen molar-refractivity contribution >= 4 is 18.0 Å². The van der Waals surface area contributed by atoms with Crippen LogP contribution in [0.3, 0.4) is 0 Å². The van der Waals surface area contributed by atoms with Crippen molar-refractivity contribution in [3.63, 3.8) is 0 Å². The highest BCUT2D eigenvalue weighted by molar-refractivity contribution is 5.98. The number of amides is 1. The quantitative estimate of drug-likeness (QED) is 0.486. The minimum absolute atomic E-state index is 0.392. The fourth-order valence-corrected chi connectivity index (χ4v) is 1.57. The Morgan fingerprint density at radius 3 is 2.74 bits per heavy atom. The van der Waals surface area contributed by atoms with Gasteiger partial charge in [-0.3, -0.25) is 4.79 Å². The molecule has 4 nitrogen and oxygen atoms in total. The number of rotatable bonds is 6. The topological polar surface area (TPSA) is 69.4 Å². The summed E-state index contributed by atoms with van der Waals surface area (Å²) in [4.78, 5) is 22.7. The average molecular weight is 261 g/mol. The standard InChI is InChI=1S/C15H19NO3/c1-3-4-9-19-14(17)8-6-12-10-11(2)5-7-13(12)15(16)18/h5-8,10H,3-4,9H2,1-2H3,(H2,16,18)/b8-6+. The zero-order valence-corrected chi connectivity index (χ0v) is 11.3. The number of ether oxygens (including phenoxy) is 1. The number of nitrogens with two attached hydrogens (primary N) is 1. The van der Waals surface area contributed by atoms with Crippen molar-refractivity contribution < 1.29 is 14.3 Å². The van der Waals surface area contributed by atoms with Crippen LogP contribution in [0, 0.1) is 6.92 Å². The number of hydrogen-bond acceptors (Lipinski definition) is 3. The van der Waals surface area contributed by atoms with Gasteiger partial charge in [0.15, 0.2) is 0 Å². The summed E-state index contributed by atoms with van der Waals surface area (Å²) >= 11 is 0. The number of esters is 1. The molecule has 0 aliphatic heterocycles. The highest BCUT2D eigenvalue weighted by Crippen LogP contribution is 2.13. The van der Waals surface area contributed by atoms with Crippen molar-refractivity contribution in [3.8, 4) is 0 Å². The molecule has 0 heterocycles. The van der Waals surface area contributed by atoms with Crippen LogP contribution in [-0.2, 0) is 9.53 Å². The molecule has 0 saturated carbocycles. The van der Waals surface area contributed by atoms with E-state index >= 15 is 0 Å². The largest absolute Gasteiger partial charge is 0.463 e. The van der Waals surface area contributed by atoms with Gasteiger partial charge < -0.3 is 10.5 Å². The van der Waals surface area contributed by atoms with Crippen molar-refractivity contribution in [1.82, 2.24) is 0 Å². The van der Waals surface area contributed by atoms with Crippen LogP contribution in [0.1, 0.15) is 41.3 Å². The molecule has 1 amide bonds. The van der Waals surface area contributed by atoms with E-state index < -0.39 is 11.9 Å². The summed E-state index contributed by atoms with van der Waals surface area (Å²) in [5.74, 6) is -0.927. The number of primary amides is 1. The molecule has 102 valence electrons. The molecular formula is C15H19NO3. The van der Waals surface area contributed by atoms with Crippen LogP contribution in [0.2, 0.25) is 0 Å². The lowest BCUT2D eigenvalue weighted by molar-refractivity contribution is -0.137. The first-order valence-corrected chi connectivity index (χ1v) is 6.30. The van der Waals surface area contributed by atoms with Crippen LogP contribution in [0.5, 0.6) is 0 Å². The summed E-state index contributed by atoms with van der Waals surface area (Å²) in [7, 11) is 0. The smallest absolute Gasteiger partial charge is 0.330 e. The third-order valence-electron chi connectivity index (χ3n) is 2.61. The molecule has 0 aliphatic carbocycles. The first-order valence-electron chi connectivity index (χ1n) is 6.30. The van der Waals surface area contributed by atoms with Gasteiger partial charge in [-0.1, -0.05) is 31.0 Å². The molecule has 0 spiro atoms. The summed E-state index contributed by atoms with van der Waals surface area (Å²) in [6.45, 7) is 4.34. The molecule has 1 aromatic rings. The van der Waals surface area contributed by atoms with Crippen LogP contribution < -0.4 is 5.73 Å². The van der Waals surface area contributed by atoms with Gasteiger partial charge in [0, 0.05) is 11.6 Å². The number of benzene rings is 1. The predicted octanol–water partition coefficient (Wildman–Crippen LogP) is 2.45. The SMILES string of the molecule is CCCCOC(=O)/C=C/c1cc(C)ccc1C(N)=O. The lowest BCUT2D eigenvalue weighted by atomic mass is 10.0. The molecule has 1 rings (SSSR count). The number of hydrogen-bond donors (Lipinski definition) is 1. The Balaban J connectivity index is 2.77. The highest BCUT2D eigenvalue weighted by Gasteiger charge is 2.06. The third kappa shape index (κ3) is 4.95. The highest BCUT2D eigenvalue weighted by atomic mass is 16.5. The normalized spacial score (nSPS) is 10.6. The molecule has 2 N–H and O–H groups in total. The molecule has 0 atom stereocenters. The third-order valence-corrected chi connectivity index (χ3v) is 2.61. The fourth-order valence-electron chi connectivity index (χ4n) is 1.57. The summed E-state index contributed by atoms with van der Waals surface area (Å²) in [5.41, 5.74) is 7.29. The van der Waals surface area contributed by atoms with Gasteiger partial charge in [-0.05, 0) is 31.1 Å². The lowest BCUT2D eigenvalue weighted by Crippen LogP contribution is -2.12. The second kappa shape index (κ2) is 7.36. The van der Waals surface area contributed by atoms with Gasteiger partial charge in [-0.15, -0.1) is 0 Å². The van der Waals surface area contributed by atoms with E-state index in [-0.39, 0.29) is 0 Å². The first-order chi connectivity index (χ1) is 9.04. The molecule has 0 bridgehead atoms. The zero-order valence-electron chi connectivity index (χ0n) is 11.3. The molecule has 1 aromatic carbocycles. The molecule has 0 fully saturated rings. The number of carbonyl (C=O) groups is 2. The van der Waals surface area contributed by atoms with Gasteiger partial charge in [-0.25, -0.2) is 4.79 Å². The van der Waals surface area contributed by atoms with Gasteiger partial charge in [0.25, 0.3) is 0 Å². The maximum Gasteiger partial charge on any atom is 0.330 e. The Labute approximate surface area is 113 Å². The summed E-state index contributed by atoms with van der Waals surface area (Å²) in [6.07, 6.45) is 4.69. The molecule has 4 heteroatoms. The Morgan fingerprint density at radius 1 is 1.37 bits per heavy atom. The van der Waals surface area contributed by atoms with Gasteiger partial charge in [-0.2, -0.15) is 0 Å². The summed E-state index contributed by atoms with van der Waals surface area (Å²) in [5, 5.41) is 0. The van der Waals surface area contributed by atoms with E-state index in [1.807, 2.05) is 13.8 Å². The second-order valence-electron chi connectivity index (χ2n) is 4.31. The first kappa shape index (κ1) is 15.0. The fraction of sp³-hybridized carbons (Fsp3) is 0.333. The molecule has 0 radical (unpaired) electrons. The molecule has 0 saturated heterocycles. The maximum absolute atomic E-state index is 11.4. The molecular weight excluding hydrogens is 242 g/mol. The van der Waals surface area contributed by atoms with E-state index in [1.54, 1.807) is 24.3 Å². The van der Waals surface area contributed by atoms with Crippen molar-refractivity contribution in [1.29, 1.82) is 0 Å². The molecule has 0 aromatic heterocycles. The van der Waals surface area contributed by atoms with Crippen molar-refractivity contribution in [2.75, 3.05) is 6.61 Å². The van der Waals surface area contributed by atoms with Crippen LogP contribution in [0.4, 0.5) is 0 Å². The van der Waals surface area contributed by atoms with E-state index in [0.717, 1.165) is 18.4 Å². The van der Waals surface area contributed by atoms with Gasteiger partial charge in [0.05, 0.1) is 6.61 Å². The van der Waals surface area contributed by atoms with E-state index in [9.17, 15) is 9.59 Å². The Morgan fingerprint density at radius 2 is 2.11 bits per heavy atom. The number of carbonyl (C=O) groups excluding carboxylic acids is 2.